The molecule has 0 atom stereocenters. The molecule has 3 rings (SSSR count). The Bertz CT molecular complexity index is 1040. The van der Waals surface area contributed by atoms with E-state index in [0.717, 1.165) is 0 Å². The van der Waals surface area contributed by atoms with Gasteiger partial charge in [0.05, 0.1) is 6.61 Å². The SMILES string of the molecule is COCCOC(=O)COc1ccc2cc(C(=O)c3ccccc3)c(=O)oc2c1. The number of hydrogen-bond acceptors (Lipinski definition) is 7. The third-order valence-electron chi connectivity index (χ3n) is 3.90. The smallest absolute Gasteiger partial charge is 0.347 e. The lowest BCUT2D eigenvalue weighted by atomic mass is 10.0. The minimum absolute atomic E-state index is 0.0471. The van der Waals surface area contributed by atoms with Crippen LogP contribution in [0.2, 0.25) is 0 Å². The molecule has 144 valence electrons. The lowest BCUT2D eigenvalue weighted by Gasteiger charge is -2.08. The maximum Gasteiger partial charge on any atom is 0.347 e. The van der Waals surface area contributed by atoms with Gasteiger partial charge in [-0.05, 0) is 18.2 Å². The zero-order valence-corrected chi connectivity index (χ0v) is 15.2. The van der Waals surface area contributed by atoms with Gasteiger partial charge >= 0.3 is 11.6 Å². The molecule has 0 radical (unpaired) electrons. The number of esters is 1. The summed E-state index contributed by atoms with van der Waals surface area (Å²) in [6, 6.07) is 14.7. The van der Waals surface area contributed by atoms with Gasteiger partial charge in [0, 0.05) is 24.1 Å². The Kier molecular flexibility index (Phi) is 6.18. The van der Waals surface area contributed by atoms with Crippen molar-refractivity contribution in [3.63, 3.8) is 0 Å². The topological polar surface area (TPSA) is 92.0 Å². The van der Waals surface area contributed by atoms with Crippen molar-refractivity contribution in [2.75, 3.05) is 26.9 Å². The van der Waals surface area contributed by atoms with E-state index in [1.807, 2.05) is 0 Å². The van der Waals surface area contributed by atoms with E-state index in [-0.39, 0.29) is 24.4 Å². The second kappa shape index (κ2) is 8.96. The molecule has 0 aliphatic rings. The van der Waals surface area contributed by atoms with Crippen LogP contribution in [0, 0.1) is 0 Å². The first kappa shape index (κ1) is 19.3. The summed E-state index contributed by atoms with van der Waals surface area (Å²) in [4.78, 5) is 36.3. The fourth-order valence-electron chi connectivity index (χ4n) is 2.51. The molecule has 0 amide bonds. The number of carbonyl (C=O) groups excluding carboxylic acids is 2. The Morgan fingerprint density at radius 2 is 1.79 bits per heavy atom. The molecule has 0 saturated heterocycles. The molecule has 0 aliphatic carbocycles. The van der Waals surface area contributed by atoms with Gasteiger partial charge in [-0.1, -0.05) is 30.3 Å². The number of carbonyl (C=O) groups is 2. The molecule has 7 nitrogen and oxygen atoms in total. The first-order valence-electron chi connectivity index (χ1n) is 8.53. The fourth-order valence-corrected chi connectivity index (χ4v) is 2.51. The first-order chi connectivity index (χ1) is 13.6. The lowest BCUT2D eigenvalue weighted by molar-refractivity contribution is -0.147. The van der Waals surface area contributed by atoms with E-state index in [0.29, 0.717) is 23.3 Å². The van der Waals surface area contributed by atoms with E-state index in [4.69, 9.17) is 18.6 Å². The highest BCUT2D eigenvalue weighted by Crippen LogP contribution is 2.21. The van der Waals surface area contributed by atoms with Crippen LogP contribution in [0.4, 0.5) is 0 Å². The minimum Gasteiger partial charge on any atom is -0.482 e. The number of methoxy groups -OCH3 is 1. The summed E-state index contributed by atoms with van der Waals surface area (Å²) >= 11 is 0. The van der Waals surface area contributed by atoms with E-state index in [1.54, 1.807) is 42.5 Å². The van der Waals surface area contributed by atoms with E-state index in [9.17, 15) is 14.4 Å². The van der Waals surface area contributed by atoms with E-state index in [1.165, 1.54) is 19.2 Å². The monoisotopic (exact) mass is 382 g/mol. The Balaban J connectivity index is 1.76. The van der Waals surface area contributed by atoms with Crippen LogP contribution in [-0.2, 0) is 14.3 Å². The maximum absolute atomic E-state index is 12.5. The molecule has 2 aromatic carbocycles. The zero-order chi connectivity index (χ0) is 19.9. The van der Waals surface area contributed by atoms with Gasteiger partial charge < -0.3 is 18.6 Å². The van der Waals surface area contributed by atoms with E-state index >= 15 is 0 Å². The van der Waals surface area contributed by atoms with Crippen molar-refractivity contribution in [2.24, 2.45) is 0 Å². The van der Waals surface area contributed by atoms with Crippen molar-refractivity contribution in [2.45, 2.75) is 0 Å². The van der Waals surface area contributed by atoms with Crippen molar-refractivity contribution in [1.29, 1.82) is 0 Å². The standard InChI is InChI=1S/C21H18O7/c1-25-9-10-26-19(22)13-27-16-8-7-15-11-17(21(24)28-18(15)12-16)20(23)14-5-3-2-4-6-14/h2-8,11-12H,9-10,13H2,1H3. The molecular weight excluding hydrogens is 364 g/mol. The fraction of sp³-hybridized carbons (Fsp3) is 0.190. The molecule has 28 heavy (non-hydrogen) atoms. The number of rotatable bonds is 8. The first-order valence-corrected chi connectivity index (χ1v) is 8.53. The summed E-state index contributed by atoms with van der Waals surface area (Å²) in [7, 11) is 1.51. The summed E-state index contributed by atoms with van der Waals surface area (Å²) in [5.41, 5.74) is -0.132. The lowest BCUT2D eigenvalue weighted by Crippen LogP contribution is -2.17. The van der Waals surface area contributed by atoms with Crippen molar-refractivity contribution in [3.05, 3.63) is 76.1 Å². The van der Waals surface area contributed by atoms with E-state index in [2.05, 4.69) is 0 Å². The van der Waals surface area contributed by atoms with Gasteiger partial charge in [-0.15, -0.1) is 0 Å². The molecule has 3 aromatic rings. The van der Waals surface area contributed by atoms with Gasteiger partial charge in [0.2, 0.25) is 0 Å². The van der Waals surface area contributed by atoms with Crippen LogP contribution in [0.25, 0.3) is 11.0 Å². The van der Waals surface area contributed by atoms with Crippen molar-refractivity contribution >= 4 is 22.7 Å². The zero-order valence-electron chi connectivity index (χ0n) is 15.2. The Morgan fingerprint density at radius 1 is 1.00 bits per heavy atom. The quantitative estimate of drug-likeness (QED) is 0.256. The average molecular weight is 382 g/mol. The van der Waals surface area contributed by atoms with Crippen LogP contribution in [0.15, 0.2) is 63.8 Å². The van der Waals surface area contributed by atoms with Crippen LogP contribution in [0.5, 0.6) is 5.75 Å². The average Bonchev–Trinajstić information content (AvgIpc) is 2.72. The summed E-state index contributed by atoms with van der Waals surface area (Å²) in [6.07, 6.45) is 0. The van der Waals surface area contributed by atoms with E-state index < -0.39 is 17.4 Å². The Hall–Kier alpha value is -3.45. The molecule has 0 fully saturated rings. The van der Waals surface area contributed by atoms with Gasteiger partial charge in [0.25, 0.3) is 0 Å². The molecule has 0 spiro atoms. The molecule has 1 aromatic heterocycles. The van der Waals surface area contributed by atoms with Crippen LogP contribution in [0.3, 0.4) is 0 Å². The number of ether oxygens (including phenoxy) is 3. The van der Waals surface area contributed by atoms with Gasteiger partial charge in [-0.2, -0.15) is 0 Å². The predicted octanol–water partition coefficient (Wildman–Crippen LogP) is 2.59. The third kappa shape index (κ3) is 4.63. The van der Waals surface area contributed by atoms with Crippen LogP contribution in [-0.4, -0.2) is 38.7 Å². The Morgan fingerprint density at radius 3 is 2.54 bits per heavy atom. The second-order valence-corrected chi connectivity index (χ2v) is 5.84. The second-order valence-electron chi connectivity index (χ2n) is 5.84. The summed E-state index contributed by atoms with van der Waals surface area (Å²) in [6.45, 7) is 0.157. The highest BCUT2D eigenvalue weighted by atomic mass is 16.6. The molecule has 0 N–H and O–H groups in total. The van der Waals surface area contributed by atoms with Crippen LogP contribution >= 0.6 is 0 Å². The molecule has 0 saturated carbocycles. The number of benzene rings is 2. The number of hydrogen-bond donors (Lipinski definition) is 0. The Labute approximate surface area is 160 Å². The van der Waals surface area contributed by atoms with Gasteiger partial charge in [0.1, 0.15) is 23.5 Å². The highest BCUT2D eigenvalue weighted by molar-refractivity contribution is 6.09. The van der Waals surface area contributed by atoms with Gasteiger partial charge in [0.15, 0.2) is 12.4 Å². The summed E-state index contributed by atoms with van der Waals surface area (Å²) < 4.78 is 20.3. The normalized spacial score (nSPS) is 10.6. The molecule has 1 heterocycles. The number of ketones is 1. The summed E-state index contributed by atoms with van der Waals surface area (Å²) in [5, 5.41) is 0.564. The van der Waals surface area contributed by atoms with Gasteiger partial charge in [-0.3, -0.25) is 4.79 Å². The largest absolute Gasteiger partial charge is 0.482 e. The van der Waals surface area contributed by atoms with Crippen LogP contribution in [0.1, 0.15) is 15.9 Å². The van der Waals surface area contributed by atoms with Crippen molar-refractivity contribution in [1.82, 2.24) is 0 Å². The molecular formula is C21H18O7. The molecule has 0 bridgehead atoms. The highest BCUT2D eigenvalue weighted by Gasteiger charge is 2.16. The summed E-state index contributed by atoms with van der Waals surface area (Å²) in [5.74, 6) is -0.612. The molecule has 0 unspecified atom stereocenters. The van der Waals surface area contributed by atoms with Gasteiger partial charge in [-0.25, -0.2) is 9.59 Å². The predicted molar refractivity (Wildman–Crippen MR) is 101 cm³/mol. The van der Waals surface area contributed by atoms with Crippen molar-refractivity contribution in [3.8, 4) is 5.75 Å². The third-order valence-corrected chi connectivity index (χ3v) is 3.90. The minimum atomic E-state index is -0.738. The van der Waals surface area contributed by atoms with Crippen molar-refractivity contribution < 1.29 is 28.2 Å². The maximum atomic E-state index is 12.5. The van der Waals surface area contributed by atoms with Crippen LogP contribution < -0.4 is 10.4 Å². The molecule has 0 aliphatic heterocycles. The molecule has 7 heteroatoms. The number of fused-ring (bicyclic) bond motifs is 1.